The number of nitrogens with zero attached hydrogens (tertiary/aromatic N) is 3. The van der Waals surface area contributed by atoms with Crippen molar-refractivity contribution < 1.29 is 0 Å². The van der Waals surface area contributed by atoms with E-state index in [-0.39, 0.29) is 0 Å². The highest BCUT2D eigenvalue weighted by molar-refractivity contribution is 5.80. The predicted octanol–water partition coefficient (Wildman–Crippen LogP) is 2.96. The Kier molecular flexibility index (Phi) is 3.06. The van der Waals surface area contributed by atoms with Gasteiger partial charge in [-0.15, -0.1) is 0 Å². The van der Waals surface area contributed by atoms with Crippen molar-refractivity contribution in [1.82, 2.24) is 4.57 Å². The molecule has 0 radical (unpaired) electrons. The molecule has 1 aromatic heterocycles. The summed E-state index contributed by atoms with van der Waals surface area (Å²) in [5.74, 6) is 0. The fourth-order valence-electron chi connectivity index (χ4n) is 1.53. The average molecular weight is 223 g/mol. The molecule has 2 rings (SSSR count). The van der Waals surface area contributed by atoms with Crippen molar-refractivity contribution in [3.63, 3.8) is 0 Å². The van der Waals surface area contributed by atoms with Crippen LogP contribution in [0.2, 0.25) is 0 Å². The van der Waals surface area contributed by atoms with Gasteiger partial charge in [0.2, 0.25) is 0 Å². The first-order valence-corrected chi connectivity index (χ1v) is 5.37. The van der Waals surface area contributed by atoms with Gasteiger partial charge in [-0.25, -0.2) is 0 Å². The minimum Gasteiger partial charge on any atom is -0.347 e. The van der Waals surface area contributed by atoms with Crippen LogP contribution in [0.15, 0.2) is 41.4 Å². The van der Waals surface area contributed by atoms with Gasteiger partial charge in [0.25, 0.3) is 0 Å². The van der Waals surface area contributed by atoms with E-state index in [1.54, 1.807) is 12.1 Å². The van der Waals surface area contributed by atoms with Crippen LogP contribution in [0.1, 0.15) is 17.0 Å². The second-order valence-electron chi connectivity index (χ2n) is 3.88. The molecule has 17 heavy (non-hydrogen) atoms. The monoisotopic (exact) mass is 223 g/mol. The largest absolute Gasteiger partial charge is 0.347 e. The van der Waals surface area contributed by atoms with Crippen molar-refractivity contribution in [1.29, 1.82) is 5.26 Å². The van der Waals surface area contributed by atoms with Gasteiger partial charge in [-0.05, 0) is 43.3 Å². The van der Waals surface area contributed by atoms with E-state index < -0.39 is 0 Å². The van der Waals surface area contributed by atoms with Crippen molar-refractivity contribution in [2.75, 3.05) is 0 Å². The number of aliphatic imine (C=N–C) groups is 1. The maximum atomic E-state index is 8.68. The number of rotatable bonds is 2. The Morgan fingerprint density at radius 3 is 2.41 bits per heavy atom. The zero-order valence-corrected chi connectivity index (χ0v) is 9.88. The SMILES string of the molecule is Cc1ccc(C=Nc2ccc(C#N)cc2)n1C. The Morgan fingerprint density at radius 1 is 1.18 bits per heavy atom. The van der Waals surface area contributed by atoms with E-state index in [4.69, 9.17) is 5.26 Å². The molecule has 2 aromatic rings. The van der Waals surface area contributed by atoms with Gasteiger partial charge in [-0.3, -0.25) is 4.99 Å². The molecule has 0 saturated carbocycles. The molecular formula is C14H13N3. The zero-order chi connectivity index (χ0) is 12.3. The van der Waals surface area contributed by atoms with E-state index >= 15 is 0 Å². The van der Waals surface area contributed by atoms with Gasteiger partial charge >= 0.3 is 0 Å². The Labute approximate surface area is 101 Å². The molecule has 0 atom stereocenters. The van der Waals surface area contributed by atoms with Crippen molar-refractivity contribution in [2.45, 2.75) is 6.92 Å². The molecule has 0 fully saturated rings. The molecule has 84 valence electrons. The predicted molar refractivity (Wildman–Crippen MR) is 68.6 cm³/mol. The van der Waals surface area contributed by atoms with E-state index in [1.165, 1.54) is 5.69 Å². The molecule has 0 saturated heterocycles. The summed E-state index contributed by atoms with van der Waals surface area (Å²) in [6.45, 7) is 2.05. The molecule has 3 nitrogen and oxygen atoms in total. The van der Waals surface area contributed by atoms with Crippen LogP contribution in [0.5, 0.6) is 0 Å². The minimum absolute atomic E-state index is 0.652. The van der Waals surface area contributed by atoms with Crippen molar-refractivity contribution in [2.24, 2.45) is 12.0 Å². The van der Waals surface area contributed by atoms with Gasteiger partial charge in [0.15, 0.2) is 0 Å². The van der Waals surface area contributed by atoms with E-state index in [2.05, 4.69) is 28.6 Å². The first-order valence-electron chi connectivity index (χ1n) is 5.37. The third-order valence-electron chi connectivity index (χ3n) is 2.75. The molecule has 0 amide bonds. The van der Waals surface area contributed by atoms with Crippen LogP contribution in [-0.4, -0.2) is 10.8 Å². The lowest BCUT2D eigenvalue weighted by Gasteiger charge is -1.99. The van der Waals surface area contributed by atoms with E-state index in [1.807, 2.05) is 31.5 Å². The molecule has 0 spiro atoms. The molecule has 0 aliphatic carbocycles. The summed E-state index contributed by atoms with van der Waals surface area (Å²) in [7, 11) is 2.01. The lowest BCUT2D eigenvalue weighted by Crippen LogP contribution is -1.96. The Balaban J connectivity index is 2.20. The highest BCUT2D eigenvalue weighted by atomic mass is 15.0. The lowest BCUT2D eigenvalue weighted by atomic mass is 10.2. The molecule has 0 aliphatic heterocycles. The smallest absolute Gasteiger partial charge is 0.0991 e. The molecule has 0 bridgehead atoms. The van der Waals surface area contributed by atoms with Gasteiger partial charge in [-0.1, -0.05) is 0 Å². The molecule has 0 unspecified atom stereocenters. The van der Waals surface area contributed by atoms with Gasteiger partial charge in [-0.2, -0.15) is 5.26 Å². The summed E-state index contributed by atoms with van der Waals surface area (Å²) in [6, 6.07) is 13.4. The van der Waals surface area contributed by atoms with E-state index in [0.29, 0.717) is 5.56 Å². The Hall–Kier alpha value is -2.34. The quantitative estimate of drug-likeness (QED) is 0.721. The van der Waals surface area contributed by atoms with Crippen molar-refractivity contribution in [3.8, 4) is 6.07 Å². The van der Waals surface area contributed by atoms with Crippen LogP contribution in [0, 0.1) is 18.3 Å². The number of benzene rings is 1. The molecule has 3 heteroatoms. The normalized spacial score (nSPS) is 10.6. The second kappa shape index (κ2) is 4.67. The topological polar surface area (TPSA) is 41.1 Å². The first-order chi connectivity index (χ1) is 8.20. The van der Waals surface area contributed by atoms with Gasteiger partial charge in [0.1, 0.15) is 0 Å². The molecular weight excluding hydrogens is 210 g/mol. The third-order valence-corrected chi connectivity index (χ3v) is 2.75. The first kappa shape index (κ1) is 11.2. The zero-order valence-electron chi connectivity index (χ0n) is 9.88. The summed E-state index contributed by atoms with van der Waals surface area (Å²) in [5, 5.41) is 8.68. The number of hydrogen-bond donors (Lipinski definition) is 0. The maximum absolute atomic E-state index is 8.68. The second-order valence-corrected chi connectivity index (χ2v) is 3.88. The van der Waals surface area contributed by atoms with Crippen molar-refractivity contribution >= 4 is 11.9 Å². The van der Waals surface area contributed by atoms with Crippen molar-refractivity contribution in [3.05, 3.63) is 53.3 Å². The van der Waals surface area contributed by atoms with E-state index in [9.17, 15) is 0 Å². The summed E-state index contributed by atoms with van der Waals surface area (Å²) in [4.78, 5) is 4.37. The minimum atomic E-state index is 0.652. The molecule has 0 N–H and O–H groups in total. The number of nitriles is 1. The fourth-order valence-corrected chi connectivity index (χ4v) is 1.53. The molecule has 1 aromatic carbocycles. The van der Waals surface area contributed by atoms with Gasteiger partial charge < -0.3 is 4.57 Å². The van der Waals surface area contributed by atoms with Crippen LogP contribution in [-0.2, 0) is 7.05 Å². The van der Waals surface area contributed by atoms with Crippen LogP contribution in [0.4, 0.5) is 5.69 Å². The summed E-state index contributed by atoms with van der Waals surface area (Å²) >= 11 is 0. The molecule has 1 heterocycles. The van der Waals surface area contributed by atoms with Crippen LogP contribution < -0.4 is 0 Å². The Bertz CT molecular complexity index is 583. The fraction of sp³-hybridized carbons (Fsp3) is 0.143. The Morgan fingerprint density at radius 2 is 1.88 bits per heavy atom. The van der Waals surface area contributed by atoms with Crippen LogP contribution in [0.3, 0.4) is 0 Å². The maximum Gasteiger partial charge on any atom is 0.0991 e. The van der Waals surface area contributed by atoms with E-state index in [0.717, 1.165) is 11.4 Å². The van der Waals surface area contributed by atoms with Gasteiger partial charge in [0.05, 0.1) is 29.2 Å². The highest BCUT2D eigenvalue weighted by Gasteiger charge is 1.97. The highest BCUT2D eigenvalue weighted by Crippen LogP contribution is 2.13. The van der Waals surface area contributed by atoms with Gasteiger partial charge in [0, 0.05) is 12.7 Å². The standard InChI is InChI=1S/C14H13N3/c1-11-3-8-14(17(11)2)10-16-13-6-4-12(9-15)5-7-13/h3-8,10H,1-2H3. The number of aromatic nitrogens is 1. The molecule has 0 aliphatic rings. The summed E-state index contributed by atoms with van der Waals surface area (Å²) in [5.41, 5.74) is 3.76. The summed E-state index contributed by atoms with van der Waals surface area (Å²) in [6.07, 6.45) is 1.83. The van der Waals surface area contributed by atoms with Crippen LogP contribution >= 0.6 is 0 Å². The lowest BCUT2D eigenvalue weighted by molar-refractivity contribution is 0.874. The summed E-state index contributed by atoms with van der Waals surface area (Å²) < 4.78 is 2.08. The average Bonchev–Trinajstić information content (AvgIpc) is 2.68. The third kappa shape index (κ3) is 2.43. The van der Waals surface area contributed by atoms with Crippen LogP contribution in [0.25, 0.3) is 0 Å². The number of hydrogen-bond acceptors (Lipinski definition) is 2. The number of aryl methyl sites for hydroxylation is 1.